The molecule has 0 aliphatic rings. The second-order valence-corrected chi connectivity index (χ2v) is 15.7. The van der Waals surface area contributed by atoms with Crippen molar-refractivity contribution in [2.75, 3.05) is 0 Å². The zero-order valence-electron chi connectivity index (χ0n) is 5.56. The zero-order chi connectivity index (χ0) is 7.82. The molecule has 1 rings (SSSR count). The summed E-state index contributed by atoms with van der Waals surface area (Å²) >= 11 is 6.25. The van der Waals surface area contributed by atoms with E-state index in [0.717, 1.165) is 5.56 Å². The predicted molar refractivity (Wildman–Crippen MR) is 48.8 cm³/mol. The quantitative estimate of drug-likeness (QED) is 0.642. The van der Waals surface area contributed by atoms with Crippen LogP contribution in [0.3, 0.4) is 0 Å². The fourth-order valence-corrected chi connectivity index (χ4v) is 0.478. The first kappa shape index (κ1) is 10.8. The molecule has 0 aliphatic carbocycles. The first-order chi connectivity index (χ1) is 4.81. The second-order valence-electron chi connectivity index (χ2n) is 1.59. The van der Waals surface area contributed by atoms with Gasteiger partial charge in [-0.15, -0.1) is 0 Å². The fourth-order valence-electron chi connectivity index (χ4n) is 0.478. The molecule has 0 saturated carbocycles. The van der Waals surface area contributed by atoms with E-state index in [0.29, 0.717) is 0 Å². The molecule has 0 spiro atoms. The summed E-state index contributed by atoms with van der Waals surface area (Å²) in [4.78, 5) is 0. The van der Waals surface area contributed by atoms with Gasteiger partial charge in [0, 0.05) is 0 Å². The van der Waals surface area contributed by atoms with Crippen LogP contribution in [-0.4, -0.2) is 0 Å². The van der Waals surface area contributed by atoms with Crippen molar-refractivity contribution in [2.45, 2.75) is 0 Å². The Morgan fingerprint density at radius 1 is 1.10 bits per heavy atom. The Kier molecular flexibility index (Phi) is 8.54. The van der Waals surface area contributed by atoms with Crippen molar-refractivity contribution in [3.63, 3.8) is 0 Å². The Hall–Kier alpha value is 0.803. The van der Waals surface area contributed by atoms with Gasteiger partial charge in [0.25, 0.3) is 0 Å². The Balaban J connectivity index is 0.000000236. The van der Waals surface area contributed by atoms with Crippen molar-refractivity contribution < 1.29 is 13.2 Å². The molecule has 1 aromatic carbocycles. The monoisotopic (exact) mass is 313 g/mol. The van der Waals surface area contributed by atoms with E-state index in [1.54, 1.807) is 0 Å². The van der Waals surface area contributed by atoms with Gasteiger partial charge in [0.2, 0.25) is 0 Å². The number of hydrogen-bond donors (Lipinski definition) is 0. The number of hydrogen-bond acceptors (Lipinski definition) is 0. The third-order valence-corrected chi connectivity index (χ3v) is 0.843. The Labute approximate surface area is 82.7 Å². The van der Waals surface area contributed by atoms with Gasteiger partial charge in [0.1, 0.15) is 0 Å². The molecule has 1 aromatic rings. The molecule has 0 amide bonds. The molecule has 0 aromatic heterocycles. The maximum absolute atomic E-state index is 3.72. The molecule has 0 saturated heterocycles. The maximum Gasteiger partial charge on any atom is -0.0238 e. The third-order valence-electron chi connectivity index (χ3n) is 0.843. The van der Waals surface area contributed by atoms with Crippen LogP contribution in [0, 0.1) is 6.92 Å². The van der Waals surface area contributed by atoms with Crippen LogP contribution in [0.25, 0.3) is 0 Å². The van der Waals surface area contributed by atoms with Crippen molar-refractivity contribution in [3.8, 4) is 0 Å². The van der Waals surface area contributed by atoms with Gasteiger partial charge in [0.05, 0.1) is 0 Å². The Bertz CT molecular complexity index is 153. The third kappa shape index (κ3) is 6.92. The summed E-state index contributed by atoms with van der Waals surface area (Å²) in [6, 6.07) is 9.87. The number of rotatable bonds is 0. The standard InChI is InChI=1S/C7H7.2BrH.Zn/c1-7-5-3-2-4-6-7;;;/h2-6H,1H2;2*1H;/q;;;+2/p-2. The number of benzene rings is 1. The molecule has 0 heterocycles. The number of halogens is 2. The van der Waals surface area contributed by atoms with Gasteiger partial charge in [-0.2, -0.15) is 0 Å². The van der Waals surface area contributed by atoms with Gasteiger partial charge < -0.3 is 0 Å². The average molecular weight is 316 g/mol. The summed E-state index contributed by atoms with van der Waals surface area (Å²) < 4.78 is 0. The molecule has 1 radical (unpaired) electrons. The van der Waals surface area contributed by atoms with Crippen LogP contribution in [0.2, 0.25) is 0 Å². The summed E-state index contributed by atoms with van der Waals surface area (Å²) in [7, 11) is 0. The van der Waals surface area contributed by atoms with Crippen LogP contribution >= 0.6 is 27.2 Å². The van der Waals surface area contributed by atoms with E-state index < -0.39 is 0 Å². The summed E-state index contributed by atoms with van der Waals surface area (Å²) in [5.74, 6) is 0. The average Bonchev–Trinajstić information content (AvgIpc) is 1.91. The minimum atomic E-state index is -0.250. The summed E-state index contributed by atoms with van der Waals surface area (Å²) in [6.07, 6.45) is 0. The molecule has 10 heavy (non-hydrogen) atoms. The van der Waals surface area contributed by atoms with Crippen LogP contribution < -0.4 is 0 Å². The molecular weight excluding hydrogens is 309 g/mol. The first-order valence-electron chi connectivity index (χ1n) is 2.80. The van der Waals surface area contributed by atoms with Gasteiger partial charge in [-0.3, -0.25) is 0 Å². The van der Waals surface area contributed by atoms with Crippen LogP contribution in [0.1, 0.15) is 5.56 Å². The van der Waals surface area contributed by atoms with Gasteiger partial charge >= 0.3 is 40.5 Å². The molecule has 0 bridgehead atoms. The van der Waals surface area contributed by atoms with E-state index in [4.69, 9.17) is 0 Å². The van der Waals surface area contributed by atoms with Crippen LogP contribution in [0.5, 0.6) is 0 Å². The van der Waals surface area contributed by atoms with E-state index in [9.17, 15) is 0 Å². The molecule has 0 unspecified atom stereocenters. The fraction of sp³-hybridized carbons (Fsp3) is 0. The zero-order valence-corrected chi connectivity index (χ0v) is 11.7. The van der Waals surface area contributed by atoms with Crippen molar-refractivity contribution >= 4 is 27.2 Å². The summed E-state index contributed by atoms with van der Waals surface area (Å²) in [5, 5.41) is 0. The van der Waals surface area contributed by atoms with E-state index in [-0.39, 0.29) is 13.2 Å². The van der Waals surface area contributed by atoms with Gasteiger partial charge in [-0.05, 0) is 12.5 Å². The predicted octanol–water partition coefficient (Wildman–Crippen LogP) is 3.56. The molecule has 0 N–H and O–H groups in total. The summed E-state index contributed by atoms with van der Waals surface area (Å²) in [5.41, 5.74) is 1.07. The summed E-state index contributed by atoms with van der Waals surface area (Å²) in [6.45, 7) is 3.72. The van der Waals surface area contributed by atoms with Crippen molar-refractivity contribution in [3.05, 3.63) is 42.8 Å². The minimum Gasteiger partial charge on any atom is -0.0622 e. The molecule has 0 atom stereocenters. The molecule has 0 aliphatic heterocycles. The van der Waals surface area contributed by atoms with Crippen molar-refractivity contribution in [2.24, 2.45) is 0 Å². The Morgan fingerprint density at radius 3 is 1.70 bits per heavy atom. The van der Waals surface area contributed by atoms with Gasteiger partial charge in [-0.25, -0.2) is 0 Å². The first-order valence-corrected chi connectivity index (χ1v) is 16.7. The van der Waals surface area contributed by atoms with Crippen LogP contribution in [0.4, 0.5) is 0 Å². The molecule has 3 heteroatoms. The minimum absolute atomic E-state index is 0.250. The van der Waals surface area contributed by atoms with Gasteiger partial charge in [0.15, 0.2) is 0 Å². The van der Waals surface area contributed by atoms with E-state index in [2.05, 4.69) is 34.2 Å². The SMILES string of the molecule is [Br][Zn][Br].[CH2]c1ccccc1. The van der Waals surface area contributed by atoms with Crippen LogP contribution in [-0.2, 0) is 13.2 Å². The second kappa shape index (κ2) is 7.91. The Morgan fingerprint density at radius 2 is 1.50 bits per heavy atom. The van der Waals surface area contributed by atoms with Crippen molar-refractivity contribution in [1.82, 2.24) is 0 Å². The largest absolute Gasteiger partial charge is 0.0622 e. The molecular formula is C7H7Br2Zn. The van der Waals surface area contributed by atoms with E-state index >= 15 is 0 Å². The topological polar surface area (TPSA) is 0 Å². The molecule has 0 nitrogen and oxygen atoms in total. The van der Waals surface area contributed by atoms with E-state index in [1.807, 2.05) is 30.3 Å². The normalized spacial score (nSPS) is 7.10. The van der Waals surface area contributed by atoms with Crippen molar-refractivity contribution in [1.29, 1.82) is 0 Å². The molecule has 0 fully saturated rings. The maximum atomic E-state index is 3.72. The van der Waals surface area contributed by atoms with Crippen LogP contribution in [0.15, 0.2) is 30.3 Å². The van der Waals surface area contributed by atoms with E-state index in [1.165, 1.54) is 0 Å². The smallest absolute Gasteiger partial charge is 0.0238 e. The van der Waals surface area contributed by atoms with Gasteiger partial charge in [-0.1, -0.05) is 30.3 Å². The molecule has 51 valence electrons.